The van der Waals surface area contributed by atoms with Gasteiger partial charge in [0.2, 0.25) is 0 Å². The summed E-state index contributed by atoms with van der Waals surface area (Å²) in [5.41, 5.74) is 1.90. The summed E-state index contributed by atoms with van der Waals surface area (Å²) < 4.78 is 0. The largest absolute Gasteiger partial charge is 0.380 e. The molecule has 0 saturated carbocycles. The number of benzene rings is 1. The lowest BCUT2D eigenvalue weighted by molar-refractivity contribution is -0.380. The molecule has 0 atom stereocenters. The third-order valence-electron chi connectivity index (χ3n) is 2.93. The minimum Gasteiger partial charge on any atom is -0.380 e. The molecule has 0 radical (unpaired) electrons. The van der Waals surface area contributed by atoms with Crippen molar-refractivity contribution in [2.45, 2.75) is 6.54 Å². The quantitative estimate of drug-likeness (QED) is 0.584. The van der Waals surface area contributed by atoms with Crippen molar-refractivity contribution in [3.63, 3.8) is 0 Å². The molecule has 0 spiro atoms. The van der Waals surface area contributed by atoms with Gasteiger partial charge in [0, 0.05) is 34.8 Å². The number of anilines is 1. The van der Waals surface area contributed by atoms with E-state index in [0.29, 0.717) is 6.54 Å². The molecular weight excluding hydrogens is 274 g/mol. The maximum absolute atomic E-state index is 10.7. The number of hydrogen-bond donors (Lipinski definition) is 1. The minimum atomic E-state index is -0.365. The summed E-state index contributed by atoms with van der Waals surface area (Å²) in [5, 5.41) is 15.2. The molecule has 0 aliphatic carbocycles. The van der Waals surface area contributed by atoms with E-state index in [1.54, 1.807) is 12.3 Å². The molecule has 3 aromatic rings. The van der Waals surface area contributed by atoms with E-state index in [9.17, 15) is 10.1 Å². The fourth-order valence-corrected chi connectivity index (χ4v) is 2.76. The van der Waals surface area contributed by atoms with Crippen LogP contribution in [0.3, 0.4) is 0 Å². The summed E-state index contributed by atoms with van der Waals surface area (Å²) in [4.78, 5) is 15.5. The van der Waals surface area contributed by atoms with Crippen molar-refractivity contribution in [2.24, 2.45) is 0 Å². The van der Waals surface area contributed by atoms with Crippen LogP contribution in [0.2, 0.25) is 0 Å². The fourth-order valence-electron chi connectivity index (χ4n) is 2.00. The zero-order valence-corrected chi connectivity index (χ0v) is 11.3. The van der Waals surface area contributed by atoms with Crippen molar-refractivity contribution in [2.75, 3.05) is 5.32 Å². The number of nitrogens with zero attached hydrogens (tertiary/aromatic N) is 2. The van der Waals surface area contributed by atoms with Gasteiger partial charge in [-0.2, -0.15) is 0 Å². The number of nitro groups is 1. The van der Waals surface area contributed by atoms with E-state index in [1.807, 2.05) is 30.3 Å². The zero-order chi connectivity index (χ0) is 13.9. The van der Waals surface area contributed by atoms with Crippen LogP contribution < -0.4 is 5.32 Å². The van der Waals surface area contributed by atoms with Gasteiger partial charge in [0.15, 0.2) is 0 Å². The number of fused-ring (bicyclic) bond motifs is 1. The van der Waals surface area contributed by atoms with Gasteiger partial charge in [-0.1, -0.05) is 17.4 Å². The van der Waals surface area contributed by atoms with Gasteiger partial charge in [0.25, 0.3) is 0 Å². The highest BCUT2D eigenvalue weighted by atomic mass is 32.1. The Kier molecular flexibility index (Phi) is 3.30. The van der Waals surface area contributed by atoms with Crippen LogP contribution in [0.4, 0.5) is 10.7 Å². The van der Waals surface area contributed by atoms with Gasteiger partial charge in [-0.25, -0.2) is 0 Å². The van der Waals surface area contributed by atoms with Gasteiger partial charge >= 0.3 is 5.00 Å². The van der Waals surface area contributed by atoms with Crippen LogP contribution in [0.1, 0.15) is 4.88 Å². The van der Waals surface area contributed by atoms with Crippen molar-refractivity contribution in [1.29, 1.82) is 0 Å². The van der Waals surface area contributed by atoms with Gasteiger partial charge in [-0.3, -0.25) is 15.1 Å². The van der Waals surface area contributed by atoms with Crippen molar-refractivity contribution in [3.05, 3.63) is 63.7 Å². The Balaban J connectivity index is 1.81. The molecule has 0 bridgehead atoms. The van der Waals surface area contributed by atoms with Gasteiger partial charge in [-0.05, 0) is 30.3 Å². The SMILES string of the molecule is O=[N+]([O-])c1ccc(CNc2cccc3ncccc23)s1. The lowest BCUT2D eigenvalue weighted by Gasteiger charge is -2.07. The molecule has 0 fully saturated rings. The summed E-state index contributed by atoms with van der Waals surface area (Å²) in [6.07, 6.45) is 1.76. The minimum absolute atomic E-state index is 0.168. The van der Waals surface area contributed by atoms with Crippen LogP contribution in [0.5, 0.6) is 0 Å². The average molecular weight is 285 g/mol. The maximum Gasteiger partial charge on any atom is 0.324 e. The van der Waals surface area contributed by atoms with E-state index in [0.717, 1.165) is 21.5 Å². The molecule has 20 heavy (non-hydrogen) atoms. The summed E-state index contributed by atoms with van der Waals surface area (Å²) in [6.45, 7) is 0.562. The smallest absolute Gasteiger partial charge is 0.324 e. The molecule has 0 aliphatic rings. The normalized spacial score (nSPS) is 10.6. The van der Waals surface area contributed by atoms with Crippen molar-refractivity contribution in [1.82, 2.24) is 4.98 Å². The van der Waals surface area contributed by atoms with Crippen molar-refractivity contribution < 1.29 is 4.92 Å². The first-order valence-electron chi connectivity index (χ1n) is 6.05. The first-order chi connectivity index (χ1) is 9.74. The number of thiophene rings is 1. The van der Waals surface area contributed by atoms with Crippen molar-refractivity contribution in [3.8, 4) is 0 Å². The molecule has 0 aliphatic heterocycles. The Bertz CT molecular complexity index is 764. The molecule has 3 rings (SSSR count). The van der Waals surface area contributed by atoms with Gasteiger partial charge in [-0.15, -0.1) is 0 Å². The number of pyridine rings is 1. The van der Waals surface area contributed by atoms with Gasteiger partial charge in [0.1, 0.15) is 0 Å². The number of hydrogen-bond acceptors (Lipinski definition) is 5. The standard InChI is InChI=1S/C14H11N3O2S/c18-17(19)14-7-6-10(20-14)9-16-13-5-1-4-12-11(13)3-2-8-15-12/h1-8,16H,9H2. The first kappa shape index (κ1) is 12.6. The fraction of sp³-hybridized carbons (Fsp3) is 0.0714. The number of rotatable bonds is 4. The second kappa shape index (κ2) is 5.26. The summed E-state index contributed by atoms with van der Waals surface area (Å²) in [6, 6.07) is 13.1. The average Bonchev–Trinajstić information content (AvgIpc) is 2.94. The zero-order valence-electron chi connectivity index (χ0n) is 10.4. The van der Waals surface area contributed by atoms with E-state index < -0.39 is 0 Å². The van der Waals surface area contributed by atoms with Crippen LogP contribution in [0.25, 0.3) is 10.9 Å². The van der Waals surface area contributed by atoms with Gasteiger partial charge in [0.05, 0.1) is 10.4 Å². The highest BCUT2D eigenvalue weighted by Gasteiger charge is 2.09. The Morgan fingerprint density at radius 1 is 1.20 bits per heavy atom. The molecule has 1 aromatic carbocycles. The van der Waals surface area contributed by atoms with E-state index >= 15 is 0 Å². The Hall–Kier alpha value is -2.47. The van der Waals surface area contributed by atoms with Crippen LogP contribution in [0, 0.1) is 10.1 Å². The first-order valence-corrected chi connectivity index (χ1v) is 6.86. The number of aromatic nitrogens is 1. The Morgan fingerprint density at radius 3 is 2.90 bits per heavy atom. The summed E-state index contributed by atoms with van der Waals surface area (Å²) in [7, 11) is 0. The maximum atomic E-state index is 10.7. The summed E-state index contributed by atoms with van der Waals surface area (Å²) in [5.74, 6) is 0. The van der Waals surface area contributed by atoms with Crippen LogP contribution >= 0.6 is 11.3 Å². The molecule has 1 N–H and O–H groups in total. The molecule has 100 valence electrons. The lowest BCUT2D eigenvalue weighted by Crippen LogP contribution is -1.98. The molecule has 5 nitrogen and oxygen atoms in total. The van der Waals surface area contributed by atoms with E-state index in [1.165, 1.54) is 17.4 Å². The highest BCUT2D eigenvalue weighted by Crippen LogP contribution is 2.26. The third-order valence-corrected chi connectivity index (χ3v) is 3.96. The Morgan fingerprint density at radius 2 is 2.10 bits per heavy atom. The molecule has 6 heteroatoms. The highest BCUT2D eigenvalue weighted by molar-refractivity contribution is 7.15. The molecule has 2 aromatic heterocycles. The number of nitrogens with one attached hydrogen (secondary N) is 1. The van der Waals surface area contributed by atoms with E-state index in [2.05, 4.69) is 10.3 Å². The van der Waals surface area contributed by atoms with Crippen LogP contribution in [0.15, 0.2) is 48.7 Å². The predicted molar refractivity (Wildman–Crippen MR) is 80.0 cm³/mol. The lowest BCUT2D eigenvalue weighted by atomic mass is 10.2. The van der Waals surface area contributed by atoms with Crippen LogP contribution in [-0.2, 0) is 6.54 Å². The molecular formula is C14H11N3O2S. The molecule has 0 saturated heterocycles. The third kappa shape index (κ3) is 2.46. The molecule has 0 amide bonds. The topological polar surface area (TPSA) is 68.1 Å². The second-order valence-corrected chi connectivity index (χ2v) is 5.37. The molecule has 0 unspecified atom stereocenters. The van der Waals surface area contributed by atoms with Crippen LogP contribution in [-0.4, -0.2) is 9.91 Å². The predicted octanol–water partition coefficient (Wildman–Crippen LogP) is 3.82. The monoisotopic (exact) mass is 285 g/mol. The van der Waals surface area contributed by atoms with Crippen molar-refractivity contribution >= 4 is 32.9 Å². The molecule has 2 heterocycles. The van der Waals surface area contributed by atoms with Gasteiger partial charge < -0.3 is 5.32 Å². The Labute approximate surface area is 119 Å². The second-order valence-electron chi connectivity index (χ2n) is 4.23. The summed E-state index contributed by atoms with van der Waals surface area (Å²) >= 11 is 1.19. The van der Waals surface area contributed by atoms with E-state index in [4.69, 9.17) is 0 Å². The van der Waals surface area contributed by atoms with E-state index in [-0.39, 0.29) is 9.92 Å².